The molecule has 11 heteroatoms. The molecular weight excluding hydrogens is 512 g/mol. The molecule has 2 heterocycles. The van der Waals surface area contributed by atoms with E-state index in [-0.39, 0.29) is 32.6 Å². The van der Waals surface area contributed by atoms with E-state index < -0.39 is 29.5 Å². The van der Waals surface area contributed by atoms with Gasteiger partial charge in [0.05, 0.1) is 38.1 Å². The van der Waals surface area contributed by atoms with Crippen LogP contribution in [0, 0.1) is 6.92 Å². The second-order valence-electron chi connectivity index (χ2n) is 8.38. The van der Waals surface area contributed by atoms with Gasteiger partial charge in [0.15, 0.2) is 16.6 Å². The van der Waals surface area contributed by atoms with Crippen molar-refractivity contribution in [3.8, 4) is 17.2 Å². The van der Waals surface area contributed by atoms with Crippen LogP contribution in [0.1, 0.15) is 45.9 Å². The predicted octanol–water partition coefficient (Wildman–Crippen LogP) is 4.37. The Bertz CT molecular complexity index is 1440. The second-order valence-corrected chi connectivity index (χ2v) is 9.36. The summed E-state index contributed by atoms with van der Waals surface area (Å²) in [6.07, 6.45) is 0.783. The first-order valence-corrected chi connectivity index (χ1v) is 12.5. The van der Waals surface area contributed by atoms with Crippen LogP contribution < -0.4 is 14.4 Å². The lowest BCUT2D eigenvalue weighted by molar-refractivity contribution is -0.132. The summed E-state index contributed by atoms with van der Waals surface area (Å²) in [7, 11) is 2.60. The molecule has 10 nitrogen and oxygen atoms in total. The molecule has 3 aromatic rings. The largest absolute Gasteiger partial charge is 0.507 e. The maximum atomic E-state index is 13.4. The van der Waals surface area contributed by atoms with Crippen molar-refractivity contribution in [2.24, 2.45) is 0 Å². The molecule has 0 radical (unpaired) electrons. The lowest BCUT2D eigenvalue weighted by atomic mass is 9.95. The molecule has 38 heavy (non-hydrogen) atoms. The zero-order valence-corrected chi connectivity index (χ0v) is 22.0. The van der Waals surface area contributed by atoms with Crippen LogP contribution >= 0.6 is 11.3 Å². The van der Waals surface area contributed by atoms with Gasteiger partial charge in [-0.1, -0.05) is 36.5 Å². The fourth-order valence-electron chi connectivity index (χ4n) is 4.09. The van der Waals surface area contributed by atoms with Crippen molar-refractivity contribution in [3.63, 3.8) is 0 Å². The molecule has 1 unspecified atom stereocenters. The summed E-state index contributed by atoms with van der Waals surface area (Å²) >= 11 is 0.890. The van der Waals surface area contributed by atoms with Gasteiger partial charge in [0.1, 0.15) is 16.4 Å². The number of phenolic OH excluding ortho intramolecular Hbond substituents is 1. The third kappa shape index (κ3) is 4.80. The molecule has 198 valence electrons. The average Bonchev–Trinajstić information content (AvgIpc) is 3.43. The molecule has 1 saturated heterocycles. The quantitative estimate of drug-likeness (QED) is 0.185. The van der Waals surface area contributed by atoms with E-state index in [2.05, 4.69) is 4.98 Å². The summed E-state index contributed by atoms with van der Waals surface area (Å²) < 4.78 is 15.7. The van der Waals surface area contributed by atoms with Crippen LogP contribution in [0.25, 0.3) is 5.76 Å². The first kappa shape index (κ1) is 26.7. The van der Waals surface area contributed by atoms with Crippen LogP contribution in [0.15, 0.2) is 48.0 Å². The predicted molar refractivity (Wildman–Crippen MR) is 140 cm³/mol. The summed E-state index contributed by atoms with van der Waals surface area (Å²) in [6, 6.07) is 9.77. The number of carbonyl (C=O) groups is 3. The summed E-state index contributed by atoms with van der Waals surface area (Å²) in [5, 5.41) is 21.6. The standard InChI is InChI=1S/C27H26N2O8S/c1-5-11-37-17-8-6-7-16(12-17)22(31)20-21(15-9-10-18(30)19(13-15)35-3)29(25(33)23(20)32)27-28-14(2)24(38-27)26(34)36-4/h6-10,12-13,21,30-31H,5,11H2,1-4H3. The van der Waals surface area contributed by atoms with Crippen LogP contribution in [0.3, 0.4) is 0 Å². The van der Waals surface area contributed by atoms with Crippen LogP contribution in [0.2, 0.25) is 0 Å². The molecule has 0 saturated carbocycles. The van der Waals surface area contributed by atoms with E-state index in [4.69, 9.17) is 14.2 Å². The summed E-state index contributed by atoms with van der Waals surface area (Å²) in [4.78, 5) is 44.7. The molecular formula is C27H26N2O8S. The highest BCUT2D eigenvalue weighted by atomic mass is 32.1. The van der Waals surface area contributed by atoms with Gasteiger partial charge >= 0.3 is 11.9 Å². The molecule has 2 aromatic carbocycles. The Morgan fingerprint density at radius 1 is 1.16 bits per heavy atom. The van der Waals surface area contributed by atoms with Crippen LogP contribution in [-0.4, -0.2) is 53.7 Å². The maximum absolute atomic E-state index is 13.4. The van der Waals surface area contributed by atoms with Gasteiger partial charge in [-0.2, -0.15) is 0 Å². The number of hydrogen-bond donors (Lipinski definition) is 2. The van der Waals surface area contributed by atoms with Crippen molar-refractivity contribution >= 4 is 39.9 Å². The zero-order chi connectivity index (χ0) is 27.6. The number of aryl methyl sites for hydroxylation is 1. The number of rotatable bonds is 8. The number of aliphatic hydroxyl groups is 1. The normalized spacial score (nSPS) is 16.5. The van der Waals surface area contributed by atoms with Crippen molar-refractivity contribution in [1.82, 2.24) is 4.98 Å². The fourth-order valence-corrected chi connectivity index (χ4v) is 5.10. The van der Waals surface area contributed by atoms with Crippen LogP contribution in [0.5, 0.6) is 17.2 Å². The van der Waals surface area contributed by atoms with Crippen LogP contribution in [0.4, 0.5) is 5.13 Å². The van der Waals surface area contributed by atoms with E-state index in [1.54, 1.807) is 31.2 Å². The topological polar surface area (TPSA) is 135 Å². The Hall–Kier alpha value is -4.38. The molecule has 1 fully saturated rings. The minimum absolute atomic E-state index is 0.0705. The van der Waals surface area contributed by atoms with E-state index in [0.717, 1.165) is 22.7 Å². The summed E-state index contributed by atoms with van der Waals surface area (Å²) in [6.45, 7) is 4.01. The van der Waals surface area contributed by atoms with E-state index >= 15 is 0 Å². The zero-order valence-electron chi connectivity index (χ0n) is 21.2. The van der Waals surface area contributed by atoms with Gasteiger partial charge in [0, 0.05) is 5.56 Å². The van der Waals surface area contributed by atoms with E-state index in [9.17, 15) is 24.6 Å². The fraction of sp³-hybridized carbons (Fsp3) is 0.259. The van der Waals surface area contributed by atoms with E-state index in [1.807, 2.05) is 6.92 Å². The Morgan fingerprint density at radius 2 is 1.92 bits per heavy atom. The first-order chi connectivity index (χ1) is 18.2. The Balaban J connectivity index is 1.93. The molecule has 4 rings (SSSR count). The number of phenols is 1. The molecule has 0 aliphatic carbocycles. The number of anilines is 1. The third-order valence-electron chi connectivity index (χ3n) is 5.91. The van der Waals surface area contributed by atoms with Gasteiger partial charge in [0.25, 0.3) is 5.78 Å². The number of aromatic nitrogens is 1. The Labute approximate surface area is 222 Å². The molecule has 1 atom stereocenters. The number of aromatic hydroxyl groups is 1. The van der Waals surface area contributed by atoms with Crippen molar-refractivity contribution in [2.45, 2.75) is 26.3 Å². The summed E-state index contributed by atoms with van der Waals surface area (Å²) in [5.41, 5.74) is 0.772. The number of ketones is 1. The molecule has 1 amide bonds. The number of hydrogen-bond acceptors (Lipinski definition) is 10. The molecule has 1 aliphatic heterocycles. The smallest absolute Gasteiger partial charge is 0.350 e. The molecule has 0 spiro atoms. The van der Waals surface area contributed by atoms with Crippen molar-refractivity contribution in [3.05, 3.63) is 69.7 Å². The SMILES string of the molecule is CCCOc1cccc(C(O)=C2C(=O)C(=O)N(c3nc(C)c(C(=O)OC)s3)C2c2ccc(O)c(OC)c2)c1. The number of amides is 1. The van der Waals surface area contributed by atoms with Gasteiger partial charge in [-0.25, -0.2) is 9.78 Å². The number of ether oxygens (including phenoxy) is 3. The molecule has 0 bridgehead atoms. The lowest BCUT2D eigenvalue weighted by Crippen LogP contribution is -2.29. The van der Waals surface area contributed by atoms with Crippen molar-refractivity contribution < 1.29 is 38.8 Å². The average molecular weight is 539 g/mol. The van der Waals surface area contributed by atoms with Gasteiger partial charge in [-0.05, 0) is 43.2 Å². The van der Waals surface area contributed by atoms with Gasteiger partial charge in [-0.3, -0.25) is 14.5 Å². The summed E-state index contributed by atoms with van der Waals surface area (Å²) in [5.74, 6) is -2.47. The number of carbonyl (C=O) groups excluding carboxylic acids is 3. The molecule has 1 aliphatic rings. The van der Waals surface area contributed by atoms with Crippen molar-refractivity contribution in [2.75, 3.05) is 25.7 Å². The number of nitrogens with zero attached hydrogens (tertiary/aromatic N) is 2. The highest BCUT2D eigenvalue weighted by molar-refractivity contribution is 7.17. The Kier molecular flexibility index (Phi) is 7.67. The number of Topliss-reactive ketones (excluding diaryl/α,β-unsaturated/α-hetero) is 1. The van der Waals surface area contributed by atoms with Crippen molar-refractivity contribution in [1.29, 1.82) is 0 Å². The highest BCUT2D eigenvalue weighted by Gasteiger charge is 2.48. The maximum Gasteiger partial charge on any atom is 0.350 e. The van der Waals surface area contributed by atoms with Gasteiger partial charge < -0.3 is 24.4 Å². The van der Waals surface area contributed by atoms with E-state index in [0.29, 0.717) is 23.6 Å². The minimum Gasteiger partial charge on any atom is -0.507 e. The van der Waals surface area contributed by atoms with Gasteiger partial charge in [-0.15, -0.1) is 0 Å². The first-order valence-electron chi connectivity index (χ1n) is 11.7. The number of thiazole rings is 1. The number of esters is 1. The molecule has 1 aromatic heterocycles. The van der Waals surface area contributed by atoms with E-state index in [1.165, 1.54) is 32.4 Å². The second kappa shape index (κ2) is 10.9. The third-order valence-corrected chi connectivity index (χ3v) is 7.04. The van der Waals surface area contributed by atoms with Crippen LogP contribution in [-0.2, 0) is 14.3 Å². The minimum atomic E-state index is -1.14. The number of methoxy groups -OCH3 is 2. The number of aliphatic hydroxyl groups excluding tert-OH is 1. The monoisotopic (exact) mass is 538 g/mol. The number of benzene rings is 2. The molecule has 2 N–H and O–H groups in total. The van der Waals surface area contributed by atoms with Gasteiger partial charge in [0.2, 0.25) is 0 Å². The highest BCUT2D eigenvalue weighted by Crippen LogP contribution is 2.45. The lowest BCUT2D eigenvalue weighted by Gasteiger charge is -2.23. The Morgan fingerprint density at radius 3 is 2.61 bits per heavy atom.